The molecule has 152 valence electrons. The molecule has 27 heavy (non-hydrogen) atoms. The molecule has 0 unspecified atom stereocenters. The number of nitrogens with one attached hydrogen (secondary N) is 1. The molecule has 0 bridgehead atoms. The van der Waals surface area contributed by atoms with Gasteiger partial charge in [-0.3, -0.25) is 9.48 Å². The SMILES string of the molecule is CN(C)C(=O)N1CCn2nc(CNC(=O)[C@@H](N)C3CCCCC3)cc2C1.Cl. The fourth-order valence-electron chi connectivity index (χ4n) is 3.86. The Morgan fingerprint density at radius 2 is 2.00 bits per heavy atom. The van der Waals surface area contributed by atoms with Crippen LogP contribution in [-0.2, 0) is 24.4 Å². The number of hydrogen-bond acceptors (Lipinski definition) is 4. The maximum Gasteiger partial charge on any atom is 0.319 e. The highest BCUT2D eigenvalue weighted by Crippen LogP contribution is 2.25. The monoisotopic (exact) mass is 398 g/mol. The van der Waals surface area contributed by atoms with Gasteiger partial charge in [0.25, 0.3) is 0 Å². The van der Waals surface area contributed by atoms with Crippen LogP contribution in [-0.4, -0.2) is 58.2 Å². The molecule has 0 radical (unpaired) electrons. The third kappa shape index (κ3) is 5.13. The van der Waals surface area contributed by atoms with Crippen molar-refractivity contribution in [3.63, 3.8) is 0 Å². The highest BCUT2D eigenvalue weighted by molar-refractivity contribution is 5.85. The number of carbonyl (C=O) groups is 2. The molecule has 1 aromatic heterocycles. The number of carbonyl (C=O) groups excluding carboxylic acids is 2. The molecule has 2 aliphatic rings. The van der Waals surface area contributed by atoms with Crippen molar-refractivity contribution in [2.45, 2.75) is 57.8 Å². The Morgan fingerprint density at radius 1 is 1.30 bits per heavy atom. The van der Waals surface area contributed by atoms with Gasteiger partial charge in [0.05, 0.1) is 37.1 Å². The molecule has 1 aromatic rings. The van der Waals surface area contributed by atoms with E-state index in [9.17, 15) is 9.59 Å². The lowest BCUT2D eigenvalue weighted by Gasteiger charge is -2.29. The highest BCUT2D eigenvalue weighted by Gasteiger charge is 2.27. The normalized spacial score (nSPS) is 18.3. The van der Waals surface area contributed by atoms with Gasteiger partial charge in [-0.25, -0.2) is 4.79 Å². The molecule has 1 aliphatic carbocycles. The highest BCUT2D eigenvalue weighted by atomic mass is 35.5. The van der Waals surface area contributed by atoms with Crippen LogP contribution in [0.5, 0.6) is 0 Å². The molecule has 1 atom stereocenters. The molecule has 3 rings (SSSR count). The predicted molar refractivity (Wildman–Crippen MR) is 105 cm³/mol. The lowest BCUT2D eigenvalue weighted by atomic mass is 9.84. The summed E-state index contributed by atoms with van der Waals surface area (Å²) in [6.45, 7) is 2.23. The van der Waals surface area contributed by atoms with Crippen molar-refractivity contribution in [3.05, 3.63) is 17.5 Å². The first-order valence-corrected chi connectivity index (χ1v) is 9.51. The second kappa shape index (κ2) is 9.41. The number of hydrogen-bond donors (Lipinski definition) is 2. The maximum absolute atomic E-state index is 12.3. The molecule has 3 amide bonds. The molecule has 0 spiro atoms. The molecule has 1 aliphatic heterocycles. The smallest absolute Gasteiger partial charge is 0.319 e. The van der Waals surface area contributed by atoms with E-state index < -0.39 is 6.04 Å². The molecule has 0 saturated heterocycles. The number of rotatable bonds is 4. The molecule has 8 nitrogen and oxygen atoms in total. The van der Waals surface area contributed by atoms with Crippen LogP contribution in [0.4, 0.5) is 4.79 Å². The third-order valence-electron chi connectivity index (χ3n) is 5.41. The lowest BCUT2D eigenvalue weighted by Crippen LogP contribution is -2.45. The van der Waals surface area contributed by atoms with E-state index in [0.717, 1.165) is 24.2 Å². The Balaban J connectivity index is 0.00000261. The van der Waals surface area contributed by atoms with Crippen LogP contribution in [0.15, 0.2) is 6.07 Å². The molecule has 1 fully saturated rings. The van der Waals surface area contributed by atoms with Crippen molar-refractivity contribution in [1.82, 2.24) is 24.9 Å². The van der Waals surface area contributed by atoms with Gasteiger partial charge in [0.15, 0.2) is 0 Å². The van der Waals surface area contributed by atoms with Gasteiger partial charge in [-0.2, -0.15) is 5.10 Å². The summed E-state index contributed by atoms with van der Waals surface area (Å²) < 4.78 is 1.92. The Hall–Kier alpha value is -1.80. The Kier molecular flexibility index (Phi) is 7.49. The number of amides is 3. The summed E-state index contributed by atoms with van der Waals surface area (Å²) in [6.07, 6.45) is 5.67. The number of nitrogens with two attached hydrogens (primary N) is 1. The molecule has 2 heterocycles. The van der Waals surface area contributed by atoms with E-state index in [4.69, 9.17) is 5.73 Å². The van der Waals surface area contributed by atoms with E-state index in [2.05, 4.69) is 10.4 Å². The van der Waals surface area contributed by atoms with Crippen LogP contribution in [0, 0.1) is 5.92 Å². The van der Waals surface area contributed by atoms with Gasteiger partial charge in [0.2, 0.25) is 5.91 Å². The predicted octanol–water partition coefficient (Wildman–Crippen LogP) is 1.33. The van der Waals surface area contributed by atoms with E-state index in [1.807, 2.05) is 10.7 Å². The summed E-state index contributed by atoms with van der Waals surface area (Å²) in [7, 11) is 3.51. The number of nitrogens with zero attached hydrogens (tertiary/aromatic N) is 4. The maximum atomic E-state index is 12.3. The van der Waals surface area contributed by atoms with Crippen LogP contribution in [0.25, 0.3) is 0 Å². The van der Waals surface area contributed by atoms with Crippen molar-refractivity contribution in [1.29, 1.82) is 0 Å². The van der Waals surface area contributed by atoms with E-state index in [1.165, 1.54) is 19.3 Å². The van der Waals surface area contributed by atoms with Crippen molar-refractivity contribution in [2.75, 3.05) is 20.6 Å². The van der Waals surface area contributed by atoms with E-state index in [1.54, 1.807) is 23.9 Å². The molecular formula is C18H31ClN6O2. The van der Waals surface area contributed by atoms with Gasteiger partial charge in [0, 0.05) is 20.6 Å². The van der Waals surface area contributed by atoms with Gasteiger partial charge in [0.1, 0.15) is 0 Å². The summed E-state index contributed by atoms with van der Waals surface area (Å²) in [5, 5.41) is 7.47. The zero-order chi connectivity index (χ0) is 18.7. The number of halogens is 1. The van der Waals surface area contributed by atoms with Crippen molar-refractivity contribution in [3.8, 4) is 0 Å². The minimum absolute atomic E-state index is 0. The van der Waals surface area contributed by atoms with E-state index in [-0.39, 0.29) is 24.3 Å². The quantitative estimate of drug-likeness (QED) is 0.799. The average Bonchev–Trinajstić information content (AvgIpc) is 3.07. The van der Waals surface area contributed by atoms with Gasteiger partial charge >= 0.3 is 6.03 Å². The van der Waals surface area contributed by atoms with E-state index >= 15 is 0 Å². The van der Waals surface area contributed by atoms with Crippen LogP contribution in [0.1, 0.15) is 43.5 Å². The zero-order valence-electron chi connectivity index (χ0n) is 16.2. The summed E-state index contributed by atoms with van der Waals surface area (Å²) in [5.74, 6) is 0.205. The van der Waals surface area contributed by atoms with Crippen molar-refractivity contribution >= 4 is 24.3 Å². The first kappa shape index (κ1) is 21.5. The molecule has 1 saturated carbocycles. The third-order valence-corrected chi connectivity index (χ3v) is 5.41. The zero-order valence-corrected chi connectivity index (χ0v) is 17.0. The summed E-state index contributed by atoms with van der Waals surface area (Å²) >= 11 is 0. The fourth-order valence-corrected chi connectivity index (χ4v) is 3.86. The minimum Gasteiger partial charge on any atom is -0.349 e. The standard InChI is InChI=1S/C18H30N6O2.ClH/c1-22(2)18(26)23-8-9-24-15(12-23)10-14(21-24)11-20-17(25)16(19)13-6-4-3-5-7-13;/h10,13,16H,3-9,11-12,19H2,1-2H3,(H,20,25);1H/t16-;/m0./s1. The second-order valence-electron chi connectivity index (χ2n) is 7.59. The summed E-state index contributed by atoms with van der Waals surface area (Å²) in [6, 6.07) is 1.54. The average molecular weight is 399 g/mol. The number of fused-ring (bicyclic) bond motifs is 1. The first-order chi connectivity index (χ1) is 12.5. The van der Waals surface area contributed by atoms with Crippen molar-refractivity contribution < 1.29 is 9.59 Å². The number of aromatic nitrogens is 2. The van der Waals surface area contributed by atoms with Gasteiger partial charge < -0.3 is 20.9 Å². The van der Waals surface area contributed by atoms with Gasteiger partial charge in [-0.05, 0) is 24.8 Å². The van der Waals surface area contributed by atoms with Gasteiger partial charge in [-0.1, -0.05) is 19.3 Å². The molecule has 9 heteroatoms. The Bertz CT molecular complexity index is 656. The van der Waals surface area contributed by atoms with E-state index in [0.29, 0.717) is 32.1 Å². The van der Waals surface area contributed by atoms with Crippen molar-refractivity contribution in [2.24, 2.45) is 11.7 Å². The largest absolute Gasteiger partial charge is 0.349 e. The van der Waals surface area contributed by atoms with Crippen LogP contribution < -0.4 is 11.1 Å². The molecule has 3 N–H and O–H groups in total. The van der Waals surface area contributed by atoms with Crippen LogP contribution >= 0.6 is 12.4 Å². The number of urea groups is 1. The molecule has 0 aromatic carbocycles. The fraction of sp³-hybridized carbons (Fsp3) is 0.722. The second-order valence-corrected chi connectivity index (χ2v) is 7.59. The lowest BCUT2D eigenvalue weighted by molar-refractivity contribution is -0.124. The van der Waals surface area contributed by atoms with Gasteiger partial charge in [-0.15, -0.1) is 12.4 Å². The topological polar surface area (TPSA) is 96.5 Å². The Morgan fingerprint density at radius 3 is 2.67 bits per heavy atom. The summed E-state index contributed by atoms with van der Waals surface area (Å²) in [4.78, 5) is 27.8. The minimum atomic E-state index is -0.430. The first-order valence-electron chi connectivity index (χ1n) is 9.51. The summed E-state index contributed by atoms with van der Waals surface area (Å²) in [5.41, 5.74) is 7.95. The van der Waals surface area contributed by atoms with Crippen LogP contribution in [0.2, 0.25) is 0 Å². The Labute approximate surface area is 166 Å². The van der Waals surface area contributed by atoms with Crippen LogP contribution in [0.3, 0.4) is 0 Å². The molecular weight excluding hydrogens is 368 g/mol.